The van der Waals surface area contributed by atoms with Crippen LogP contribution in [-0.4, -0.2) is 20.3 Å². The van der Waals surface area contributed by atoms with Gasteiger partial charge in [0.25, 0.3) is 0 Å². The first-order chi connectivity index (χ1) is 8.58. The van der Waals surface area contributed by atoms with E-state index in [9.17, 15) is 0 Å². The lowest BCUT2D eigenvalue weighted by Gasteiger charge is -2.14. The summed E-state index contributed by atoms with van der Waals surface area (Å²) in [7, 11) is 1.60. The quantitative estimate of drug-likeness (QED) is 0.823. The van der Waals surface area contributed by atoms with E-state index in [1.165, 1.54) is 0 Å². The van der Waals surface area contributed by atoms with Crippen molar-refractivity contribution in [3.8, 4) is 11.5 Å². The van der Waals surface area contributed by atoms with Gasteiger partial charge in [0.2, 0.25) is 0 Å². The lowest BCUT2D eigenvalue weighted by molar-refractivity contribution is 0.310. The minimum Gasteiger partial charge on any atom is -0.491 e. The summed E-state index contributed by atoms with van der Waals surface area (Å²) in [6, 6.07) is 3.89. The first-order valence-electron chi connectivity index (χ1n) is 6.28. The van der Waals surface area contributed by atoms with Gasteiger partial charge in [0.1, 0.15) is 0 Å². The van der Waals surface area contributed by atoms with Crippen LogP contribution in [-0.2, 0) is 6.54 Å². The van der Waals surface area contributed by atoms with Crippen LogP contribution in [0.25, 0.3) is 0 Å². The fourth-order valence-electron chi connectivity index (χ4n) is 1.69. The topological polar surface area (TPSA) is 30.5 Å². The molecule has 0 aliphatic heterocycles. The Bertz CT molecular complexity index is 380. The van der Waals surface area contributed by atoms with Gasteiger partial charge in [0, 0.05) is 6.54 Å². The lowest BCUT2D eigenvalue weighted by atomic mass is 10.1. The molecule has 1 N–H and O–H groups in total. The van der Waals surface area contributed by atoms with Gasteiger partial charge in [0.05, 0.1) is 18.7 Å². The van der Waals surface area contributed by atoms with E-state index in [1.54, 1.807) is 7.11 Å². The van der Waals surface area contributed by atoms with Gasteiger partial charge >= 0.3 is 0 Å². The number of nitrogens with one attached hydrogen (secondary N) is 1. The zero-order valence-corrected chi connectivity index (χ0v) is 12.3. The summed E-state index contributed by atoms with van der Waals surface area (Å²) in [5.74, 6) is 1.94. The van der Waals surface area contributed by atoms with Gasteiger partial charge in [-0.05, 0) is 37.1 Å². The molecular weight excluding hydrogens is 250 g/mol. The molecule has 4 heteroatoms. The van der Waals surface area contributed by atoms with Gasteiger partial charge in [-0.15, -0.1) is 0 Å². The highest BCUT2D eigenvalue weighted by molar-refractivity contribution is 6.32. The molecule has 0 spiro atoms. The van der Waals surface area contributed by atoms with E-state index in [1.807, 2.05) is 19.1 Å². The van der Waals surface area contributed by atoms with E-state index in [0.29, 0.717) is 29.0 Å². The zero-order valence-electron chi connectivity index (χ0n) is 11.5. The molecule has 0 amide bonds. The van der Waals surface area contributed by atoms with Gasteiger partial charge < -0.3 is 14.8 Å². The molecule has 0 saturated carbocycles. The molecule has 0 heterocycles. The molecule has 1 rings (SSSR count). The van der Waals surface area contributed by atoms with Gasteiger partial charge in [0.15, 0.2) is 11.5 Å². The highest BCUT2D eigenvalue weighted by Gasteiger charge is 2.11. The molecule has 0 bridgehead atoms. The molecule has 0 atom stereocenters. The van der Waals surface area contributed by atoms with Crippen LogP contribution >= 0.6 is 11.6 Å². The van der Waals surface area contributed by atoms with Crippen LogP contribution in [0.2, 0.25) is 5.02 Å². The standard InChI is InChI=1S/C14H22ClNO2/c1-5-18-13-7-11(9-16-8-10(2)3)6-12(15)14(13)17-4/h6-7,10,16H,5,8-9H2,1-4H3. The average molecular weight is 272 g/mol. The second-order valence-electron chi connectivity index (χ2n) is 4.57. The second-order valence-corrected chi connectivity index (χ2v) is 4.97. The third kappa shape index (κ3) is 4.39. The Balaban J connectivity index is 2.80. The molecule has 1 aromatic carbocycles. The smallest absolute Gasteiger partial charge is 0.179 e. The van der Waals surface area contributed by atoms with Crippen LogP contribution in [0.15, 0.2) is 12.1 Å². The van der Waals surface area contributed by atoms with Crippen molar-refractivity contribution in [2.45, 2.75) is 27.3 Å². The summed E-state index contributed by atoms with van der Waals surface area (Å²) >= 11 is 6.18. The molecule has 3 nitrogen and oxygen atoms in total. The van der Waals surface area contributed by atoms with E-state index in [2.05, 4.69) is 19.2 Å². The number of hydrogen-bond donors (Lipinski definition) is 1. The molecule has 0 unspecified atom stereocenters. The Hall–Kier alpha value is -0.930. The Kier molecular flexibility index (Phi) is 6.30. The maximum absolute atomic E-state index is 6.18. The molecular formula is C14H22ClNO2. The van der Waals surface area contributed by atoms with E-state index in [0.717, 1.165) is 18.7 Å². The molecule has 0 saturated heterocycles. The largest absolute Gasteiger partial charge is 0.491 e. The van der Waals surface area contributed by atoms with Crippen LogP contribution in [0.4, 0.5) is 0 Å². The fraction of sp³-hybridized carbons (Fsp3) is 0.571. The van der Waals surface area contributed by atoms with Crippen LogP contribution in [0, 0.1) is 5.92 Å². The van der Waals surface area contributed by atoms with Crippen molar-refractivity contribution in [2.24, 2.45) is 5.92 Å². The predicted octanol–water partition coefficient (Wildman–Crippen LogP) is 3.49. The van der Waals surface area contributed by atoms with E-state index < -0.39 is 0 Å². The molecule has 0 aliphatic rings. The van der Waals surface area contributed by atoms with Crippen molar-refractivity contribution in [1.82, 2.24) is 5.32 Å². The predicted molar refractivity (Wildman–Crippen MR) is 75.7 cm³/mol. The van der Waals surface area contributed by atoms with Crippen LogP contribution in [0.1, 0.15) is 26.3 Å². The molecule has 18 heavy (non-hydrogen) atoms. The Labute approximate surface area is 114 Å². The van der Waals surface area contributed by atoms with Crippen LogP contribution in [0.3, 0.4) is 0 Å². The molecule has 102 valence electrons. The molecule has 0 aromatic heterocycles. The summed E-state index contributed by atoms with van der Waals surface area (Å²) in [6.45, 7) is 8.65. The number of hydrogen-bond acceptors (Lipinski definition) is 3. The van der Waals surface area contributed by atoms with Gasteiger partial charge in [-0.3, -0.25) is 0 Å². The van der Waals surface area contributed by atoms with E-state index >= 15 is 0 Å². The van der Waals surface area contributed by atoms with Crippen molar-refractivity contribution in [3.05, 3.63) is 22.7 Å². The summed E-state index contributed by atoms with van der Waals surface area (Å²) in [6.07, 6.45) is 0. The monoisotopic (exact) mass is 271 g/mol. The van der Waals surface area contributed by atoms with Crippen molar-refractivity contribution < 1.29 is 9.47 Å². The SMILES string of the molecule is CCOc1cc(CNCC(C)C)cc(Cl)c1OC. The van der Waals surface area contributed by atoms with Gasteiger partial charge in [-0.1, -0.05) is 25.4 Å². The molecule has 0 fully saturated rings. The third-order valence-corrected chi connectivity index (χ3v) is 2.74. The first kappa shape index (κ1) is 15.1. The van der Waals surface area contributed by atoms with E-state index in [4.69, 9.17) is 21.1 Å². The highest BCUT2D eigenvalue weighted by atomic mass is 35.5. The number of rotatable bonds is 7. The highest BCUT2D eigenvalue weighted by Crippen LogP contribution is 2.36. The summed E-state index contributed by atoms with van der Waals surface area (Å²) in [5, 5.41) is 3.97. The normalized spacial score (nSPS) is 10.8. The summed E-state index contributed by atoms with van der Waals surface area (Å²) in [5.41, 5.74) is 1.10. The van der Waals surface area contributed by atoms with Crippen LogP contribution in [0.5, 0.6) is 11.5 Å². The van der Waals surface area contributed by atoms with Gasteiger partial charge in [-0.2, -0.15) is 0 Å². The van der Waals surface area contributed by atoms with Crippen molar-refractivity contribution in [2.75, 3.05) is 20.3 Å². The minimum atomic E-state index is 0.588. The van der Waals surface area contributed by atoms with E-state index in [-0.39, 0.29) is 0 Å². The third-order valence-electron chi connectivity index (χ3n) is 2.45. The average Bonchev–Trinajstić information content (AvgIpc) is 2.28. The van der Waals surface area contributed by atoms with Crippen molar-refractivity contribution in [1.29, 1.82) is 0 Å². The Morgan fingerprint density at radius 1 is 1.33 bits per heavy atom. The minimum absolute atomic E-state index is 0.588. The fourth-order valence-corrected chi connectivity index (χ4v) is 2.00. The van der Waals surface area contributed by atoms with Crippen LogP contribution < -0.4 is 14.8 Å². The summed E-state index contributed by atoms with van der Waals surface area (Å²) in [4.78, 5) is 0. The van der Waals surface area contributed by atoms with Crippen molar-refractivity contribution in [3.63, 3.8) is 0 Å². The Morgan fingerprint density at radius 2 is 2.06 bits per heavy atom. The Morgan fingerprint density at radius 3 is 2.61 bits per heavy atom. The zero-order chi connectivity index (χ0) is 13.5. The summed E-state index contributed by atoms with van der Waals surface area (Å²) < 4.78 is 10.8. The number of benzene rings is 1. The van der Waals surface area contributed by atoms with Gasteiger partial charge in [-0.25, -0.2) is 0 Å². The molecule has 0 aliphatic carbocycles. The maximum Gasteiger partial charge on any atom is 0.179 e. The number of methoxy groups -OCH3 is 1. The first-order valence-corrected chi connectivity index (χ1v) is 6.66. The number of ether oxygens (including phenoxy) is 2. The molecule has 1 aromatic rings. The van der Waals surface area contributed by atoms with Crippen molar-refractivity contribution >= 4 is 11.6 Å². The maximum atomic E-state index is 6.18. The second kappa shape index (κ2) is 7.49. The molecule has 0 radical (unpaired) electrons. The number of halogens is 1. The lowest BCUT2D eigenvalue weighted by Crippen LogP contribution is -2.19.